The van der Waals surface area contributed by atoms with Crippen LogP contribution in [0.5, 0.6) is 57.5 Å². The Morgan fingerprint density at radius 2 is 1.15 bits per heavy atom. The molecule has 5 aromatic rings. The van der Waals surface area contributed by atoms with Gasteiger partial charge >= 0.3 is 0 Å². The van der Waals surface area contributed by atoms with Gasteiger partial charge in [-0.2, -0.15) is 0 Å². The highest BCUT2D eigenvalue weighted by Crippen LogP contribution is 2.56. The van der Waals surface area contributed by atoms with Gasteiger partial charge in [0.15, 0.2) is 23.0 Å². The molecule has 0 saturated heterocycles. The molecule has 3 heterocycles. The summed E-state index contributed by atoms with van der Waals surface area (Å²) >= 11 is 0. The molecule has 1 unspecified atom stereocenters. The first-order chi connectivity index (χ1) is 22.9. The van der Waals surface area contributed by atoms with Gasteiger partial charge in [-0.1, -0.05) is 12.1 Å². The van der Waals surface area contributed by atoms with E-state index in [1.807, 2.05) is 0 Å². The minimum atomic E-state index is -1.28. The second-order valence-electron chi connectivity index (χ2n) is 11.8. The van der Waals surface area contributed by atoms with Crippen molar-refractivity contribution in [1.29, 1.82) is 0 Å². The van der Waals surface area contributed by atoms with Crippen LogP contribution in [0.2, 0.25) is 0 Å². The van der Waals surface area contributed by atoms with Gasteiger partial charge in [-0.25, -0.2) is 0 Å². The Morgan fingerprint density at radius 3 is 1.73 bits per heavy atom. The third kappa shape index (κ3) is 4.96. The van der Waals surface area contributed by atoms with Crippen LogP contribution in [-0.4, -0.2) is 63.3 Å². The van der Waals surface area contributed by atoms with Crippen molar-refractivity contribution < 1.29 is 65.0 Å². The number of aromatic hydroxyl groups is 8. The van der Waals surface area contributed by atoms with Crippen LogP contribution >= 0.6 is 0 Å². The molecule has 1 aromatic heterocycles. The molecule has 10 N–H and O–H groups in total. The number of phenolic OH excluding ortho intramolecular Hbond substituents is 8. The Balaban J connectivity index is 1.37. The number of hydrogen-bond acceptors (Lipinski definition) is 13. The van der Waals surface area contributed by atoms with Crippen molar-refractivity contribution in [2.45, 2.75) is 43.2 Å². The quantitative estimate of drug-likeness (QED) is 0.120. The Bertz CT molecular complexity index is 2040. The summed E-state index contributed by atoms with van der Waals surface area (Å²) in [6.07, 6.45) is -3.64. The van der Waals surface area contributed by atoms with Gasteiger partial charge in [0.2, 0.25) is 0 Å². The van der Waals surface area contributed by atoms with Crippen molar-refractivity contribution in [3.05, 3.63) is 106 Å². The Kier molecular flexibility index (Phi) is 7.30. The van der Waals surface area contributed by atoms with Gasteiger partial charge < -0.3 is 65.0 Å². The van der Waals surface area contributed by atoms with Gasteiger partial charge in [0.05, 0.1) is 35.5 Å². The number of furan rings is 1. The number of ether oxygens (including phenoxy) is 2. The molecule has 0 bridgehead atoms. The van der Waals surface area contributed by atoms with Gasteiger partial charge in [-0.05, 0) is 47.5 Å². The van der Waals surface area contributed by atoms with Gasteiger partial charge in [-0.15, -0.1) is 0 Å². The monoisotopic (exact) mass is 658 g/mol. The van der Waals surface area contributed by atoms with Gasteiger partial charge in [0.25, 0.3) is 0 Å². The zero-order valence-corrected chi connectivity index (χ0v) is 24.8. The smallest absolute Gasteiger partial charge is 0.157 e. The molecule has 13 heteroatoms. The second kappa shape index (κ2) is 11.4. The third-order valence-electron chi connectivity index (χ3n) is 8.84. The van der Waals surface area contributed by atoms with Crippen LogP contribution < -0.4 is 9.47 Å². The van der Waals surface area contributed by atoms with Crippen molar-refractivity contribution in [2.75, 3.05) is 0 Å². The fourth-order valence-corrected chi connectivity index (χ4v) is 6.53. The van der Waals surface area contributed by atoms with E-state index in [4.69, 9.17) is 13.9 Å². The van der Waals surface area contributed by atoms with E-state index >= 15 is 0 Å². The van der Waals surface area contributed by atoms with E-state index in [0.717, 1.165) is 6.07 Å². The lowest BCUT2D eigenvalue weighted by atomic mass is 9.81. The molecule has 0 spiro atoms. The first kappa shape index (κ1) is 30.7. The number of hydrogen-bond donors (Lipinski definition) is 10. The SMILES string of the molecule is Oc1ccc([C@H]2Oc3cc(O)c(C(c4ccco4)c4c(O)cc(O)c5c4O[C@H](c4ccc(O)c(O)c4)[C@@H](O)C5)c(O)c3C[C@@H]2O)cc1O. The van der Waals surface area contributed by atoms with E-state index < -0.39 is 70.6 Å². The summed E-state index contributed by atoms with van der Waals surface area (Å²) in [5.41, 5.74) is 0.633. The zero-order chi connectivity index (χ0) is 34.0. The van der Waals surface area contributed by atoms with E-state index in [0.29, 0.717) is 5.56 Å². The molecule has 0 amide bonds. The highest BCUT2D eigenvalue weighted by atomic mass is 16.5. The van der Waals surface area contributed by atoms with Gasteiger partial charge in [-0.3, -0.25) is 0 Å². The fraction of sp³-hybridized carbons (Fsp3) is 0.200. The number of aliphatic hydroxyl groups is 2. The largest absolute Gasteiger partial charge is 0.507 e. The van der Waals surface area contributed by atoms with Crippen LogP contribution in [0.15, 0.2) is 71.3 Å². The summed E-state index contributed by atoms with van der Waals surface area (Å²) in [4.78, 5) is 0. The van der Waals surface area contributed by atoms with Crippen molar-refractivity contribution in [3.8, 4) is 57.5 Å². The maximum Gasteiger partial charge on any atom is 0.157 e. The summed E-state index contributed by atoms with van der Waals surface area (Å²) in [7, 11) is 0. The predicted octanol–water partition coefficient (Wildman–Crippen LogP) is 4.18. The molecule has 13 nitrogen and oxygen atoms in total. The molecule has 0 fully saturated rings. The maximum atomic E-state index is 11.8. The molecule has 4 aromatic carbocycles. The summed E-state index contributed by atoms with van der Waals surface area (Å²) in [5, 5.41) is 107. The Morgan fingerprint density at radius 1 is 0.562 bits per heavy atom. The molecule has 2 aliphatic rings. The molecular weight excluding hydrogens is 628 g/mol. The van der Waals surface area contributed by atoms with Crippen LogP contribution in [-0.2, 0) is 12.8 Å². The van der Waals surface area contributed by atoms with Crippen LogP contribution in [0.4, 0.5) is 0 Å². The number of rotatable bonds is 5. The minimum Gasteiger partial charge on any atom is -0.507 e. The normalized spacial score (nSPS) is 20.6. The second-order valence-corrected chi connectivity index (χ2v) is 11.8. The Labute approximate surface area is 271 Å². The standard InChI is InChI=1S/C35H30O13/c36-18-5-3-14(8-21(18)39)33-26(44)11-17-28(47-33)13-24(42)29(32(17)45)31(27-2-1-7-46-27)30-23(41)12-20(38)16-10-25(43)34(48-35(16)30)15-4-6-19(37)22(40)9-15/h1-9,12-13,25-26,31,33-34,36-45H,10-11H2/t25-,26-,31?,33+,34+/m0/s1. The van der Waals surface area contributed by atoms with E-state index in [9.17, 15) is 51.1 Å². The van der Waals surface area contributed by atoms with Crippen LogP contribution in [0.3, 0.4) is 0 Å². The lowest BCUT2D eigenvalue weighted by molar-refractivity contribution is 0.0187. The topological polar surface area (TPSA) is 234 Å². The first-order valence-corrected chi connectivity index (χ1v) is 14.8. The molecule has 0 aliphatic carbocycles. The Hall–Kier alpha value is -5.92. The molecular formula is C35H30O13. The maximum absolute atomic E-state index is 11.8. The average molecular weight is 659 g/mol. The van der Waals surface area contributed by atoms with Crippen molar-refractivity contribution >= 4 is 0 Å². The van der Waals surface area contributed by atoms with Crippen LogP contribution in [0.25, 0.3) is 0 Å². The summed E-state index contributed by atoms with van der Waals surface area (Å²) in [5.74, 6) is -4.73. The summed E-state index contributed by atoms with van der Waals surface area (Å²) in [6, 6.07) is 13.1. The molecule has 2 aliphatic heterocycles. The van der Waals surface area contributed by atoms with Gasteiger partial charge in [0.1, 0.15) is 52.5 Å². The summed E-state index contributed by atoms with van der Waals surface area (Å²) < 4.78 is 17.9. The van der Waals surface area contributed by atoms with E-state index in [2.05, 4.69) is 0 Å². The van der Waals surface area contributed by atoms with E-state index in [1.165, 1.54) is 54.8 Å². The number of fused-ring (bicyclic) bond motifs is 2. The zero-order valence-electron chi connectivity index (χ0n) is 24.8. The van der Waals surface area contributed by atoms with Crippen molar-refractivity contribution in [1.82, 2.24) is 0 Å². The molecule has 0 saturated carbocycles. The van der Waals surface area contributed by atoms with Crippen molar-refractivity contribution in [2.24, 2.45) is 0 Å². The van der Waals surface area contributed by atoms with Gasteiger partial charge in [0, 0.05) is 36.1 Å². The molecule has 5 atom stereocenters. The third-order valence-corrected chi connectivity index (χ3v) is 8.84. The first-order valence-electron chi connectivity index (χ1n) is 14.8. The minimum absolute atomic E-state index is 0.0262. The van der Waals surface area contributed by atoms with Crippen LogP contribution in [0, 0.1) is 0 Å². The molecule has 0 radical (unpaired) electrons. The lowest BCUT2D eigenvalue weighted by Crippen LogP contribution is -2.31. The molecule has 7 rings (SSSR count). The number of phenols is 8. The fourth-order valence-electron chi connectivity index (χ4n) is 6.53. The summed E-state index contributed by atoms with van der Waals surface area (Å²) in [6.45, 7) is 0. The number of benzene rings is 4. The van der Waals surface area contributed by atoms with E-state index in [1.54, 1.807) is 6.07 Å². The number of aliphatic hydroxyl groups excluding tert-OH is 2. The predicted molar refractivity (Wildman–Crippen MR) is 165 cm³/mol. The average Bonchev–Trinajstić information content (AvgIpc) is 3.58. The molecule has 248 valence electrons. The lowest BCUT2D eigenvalue weighted by Gasteiger charge is -2.35. The molecule has 48 heavy (non-hydrogen) atoms. The van der Waals surface area contributed by atoms with E-state index in [-0.39, 0.29) is 63.7 Å². The highest BCUT2D eigenvalue weighted by molar-refractivity contribution is 5.68. The van der Waals surface area contributed by atoms with Crippen LogP contribution in [0.1, 0.15) is 57.3 Å². The van der Waals surface area contributed by atoms with Crippen molar-refractivity contribution in [3.63, 3.8) is 0 Å². The highest BCUT2D eigenvalue weighted by Gasteiger charge is 2.41.